The molecule has 0 bridgehead atoms. The second kappa shape index (κ2) is 9.59. The molecule has 0 saturated heterocycles. The number of hydrogen-bond donors (Lipinski definition) is 2. The van der Waals surface area contributed by atoms with E-state index in [2.05, 4.69) is 15.5 Å². The average Bonchev–Trinajstić information content (AvgIpc) is 3.55. The highest BCUT2D eigenvalue weighted by molar-refractivity contribution is 5.95. The van der Waals surface area contributed by atoms with E-state index in [1.54, 1.807) is 31.6 Å². The Morgan fingerprint density at radius 1 is 1.29 bits per heavy atom. The van der Waals surface area contributed by atoms with Crippen LogP contribution in [0.3, 0.4) is 0 Å². The number of halogens is 3. The molecule has 4 aromatic rings. The molecule has 4 rings (SSSR count). The number of aromatic nitrogens is 4. The Hall–Kier alpha value is -3.80. The molecule has 180 valence electrons. The standard InChI is InChI=1S/C22H23F3N6O3/c1-12(11-33-2)30-7-6-13(10-30)22(32)27-9-18-28-21(29-34-18)17-8-14-15(26)4-3-5-16(14)31(17)20(25)19(23)24/h3-8,10,12,19-20H,9,11,26H2,1-2H3,(H,27,32). The van der Waals surface area contributed by atoms with Crippen molar-refractivity contribution in [3.8, 4) is 11.5 Å². The number of fused-ring (bicyclic) bond motifs is 1. The second-order valence-electron chi connectivity index (χ2n) is 7.73. The summed E-state index contributed by atoms with van der Waals surface area (Å²) in [5.41, 5.74) is 6.80. The first-order valence-electron chi connectivity index (χ1n) is 10.4. The highest BCUT2D eigenvalue weighted by Crippen LogP contribution is 2.35. The molecule has 9 nitrogen and oxygen atoms in total. The van der Waals surface area contributed by atoms with Gasteiger partial charge in [-0.05, 0) is 31.2 Å². The molecule has 12 heteroatoms. The van der Waals surface area contributed by atoms with Gasteiger partial charge in [0.25, 0.3) is 12.3 Å². The molecule has 3 heterocycles. The van der Waals surface area contributed by atoms with Crippen molar-refractivity contribution in [1.29, 1.82) is 0 Å². The predicted molar refractivity (Wildman–Crippen MR) is 118 cm³/mol. The maximum Gasteiger partial charge on any atom is 0.288 e. The van der Waals surface area contributed by atoms with E-state index in [9.17, 15) is 18.0 Å². The number of nitrogens with zero attached hydrogens (tertiary/aromatic N) is 4. The molecule has 0 fully saturated rings. The lowest BCUT2D eigenvalue weighted by molar-refractivity contribution is 0.0114. The maximum absolute atomic E-state index is 14.5. The lowest BCUT2D eigenvalue weighted by Crippen LogP contribution is -2.22. The summed E-state index contributed by atoms with van der Waals surface area (Å²) >= 11 is 0. The van der Waals surface area contributed by atoms with Crippen LogP contribution in [-0.4, -0.2) is 45.3 Å². The first kappa shape index (κ1) is 23.4. The Bertz CT molecular complexity index is 1300. The van der Waals surface area contributed by atoms with Gasteiger partial charge >= 0.3 is 0 Å². The van der Waals surface area contributed by atoms with Crippen LogP contribution in [0.1, 0.15) is 35.5 Å². The third-order valence-corrected chi connectivity index (χ3v) is 5.36. The summed E-state index contributed by atoms with van der Waals surface area (Å²) < 4.78 is 53.8. The fraction of sp³-hybridized carbons (Fsp3) is 0.318. The number of carbonyl (C=O) groups excluding carboxylic acids is 1. The van der Waals surface area contributed by atoms with Gasteiger partial charge in [-0.25, -0.2) is 13.2 Å². The molecule has 0 aliphatic heterocycles. The summed E-state index contributed by atoms with van der Waals surface area (Å²) in [5, 5.41) is 6.82. The number of alkyl halides is 3. The van der Waals surface area contributed by atoms with Gasteiger partial charge in [-0.3, -0.25) is 4.79 Å². The number of nitrogen functional groups attached to an aromatic ring is 1. The van der Waals surface area contributed by atoms with Crippen molar-refractivity contribution in [2.24, 2.45) is 0 Å². The third kappa shape index (κ3) is 4.49. The molecule has 1 amide bonds. The minimum absolute atomic E-state index is 0.0211. The molecule has 2 unspecified atom stereocenters. The van der Waals surface area contributed by atoms with Gasteiger partial charge in [-0.15, -0.1) is 0 Å². The highest BCUT2D eigenvalue weighted by atomic mass is 19.3. The van der Waals surface area contributed by atoms with Gasteiger partial charge in [0.15, 0.2) is 0 Å². The lowest BCUT2D eigenvalue weighted by Gasteiger charge is -2.13. The van der Waals surface area contributed by atoms with E-state index in [-0.39, 0.29) is 41.4 Å². The molecule has 2 atom stereocenters. The number of methoxy groups -OCH3 is 1. The van der Waals surface area contributed by atoms with Crippen molar-refractivity contribution in [3.63, 3.8) is 0 Å². The van der Waals surface area contributed by atoms with Gasteiger partial charge in [-0.1, -0.05) is 11.2 Å². The second-order valence-corrected chi connectivity index (χ2v) is 7.73. The molecule has 1 aromatic carbocycles. The number of benzene rings is 1. The summed E-state index contributed by atoms with van der Waals surface area (Å²) in [6, 6.07) is 7.73. The van der Waals surface area contributed by atoms with Crippen molar-refractivity contribution in [1.82, 2.24) is 24.6 Å². The van der Waals surface area contributed by atoms with E-state index in [1.807, 2.05) is 11.5 Å². The Kier molecular flexibility index (Phi) is 6.59. The zero-order valence-corrected chi connectivity index (χ0v) is 18.4. The number of anilines is 1. The van der Waals surface area contributed by atoms with Crippen molar-refractivity contribution in [3.05, 3.63) is 54.2 Å². The van der Waals surface area contributed by atoms with Gasteiger partial charge in [0, 0.05) is 30.6 Å². The van der Waals surface area contributed by atoms with Crippen LogP contribution in [0, 0.1) is 0 Å². The average molecular weight is 476 g/mol. The van der Waals surface area contributed by atoms with E-state index in [1.165, 1.54) is 18.2 Å². The van der Waals surface area contributed by atoms with Crippen molar-refractivity contribution >= 4 is 22.5 Å². The Labute approximate surface area is 192 Å². The molecule has 3 N–H and O–H groups in total. The first-order chi connectivity index (χ1) is 16.3. The van der Waals surface area contributed by atoms with Gasteiger partial charge < -0.3 is 29.4 Å². The third-order valence-electron chi connectivity index (χ3n) is 5.36. The van der Waals surface area contributed by atoms with Crippen LogP contribution in [0.4, 0.5) is 18.9 Å². The molecule has 0 aliphatic carbocycles. The summed E-state index contributed by atoms with van der Waals surface area (Å²) in [6.07, 6.45) is -2.46. The van der Waals surface area contributed by atoms with Crippen LogP contribution in [-0.2, 0) is 11.3 Å². The van der Waals surface area contributed by atoms with E-state index in [4.69, 9.17) is 15.0 Å². The fourth-order valence-electron chi connectivity index (χ4n) is 3.66. The van der Waals surface area contributed by atoms with Crippen molar-refractivity contribution in [2.45, 2.75) is 32.2 Å². The molecule has 3 aromatic heterocycles. The Morgan fingerprint density at radius 2 is 2.09 bits per heavy atom. The van der Waals surface area contributed by atoms with Crippen LogP contribution in [0.15, 0.2) is 47.2 Å². The van der Waals surface area contributed by atoms with Crippen molar-refractivity contribution in [2.75, 3.05) is 19.5 Å². The maximum atomic E-state index is 14.5. The molecule has 0 aliphatic rings. The summed E-state index contributed by atoms with van der Waals surface area (Å²) in [5.74, 6) is -0.456. The number of rotatable bonds is 9. The summed E-state index contributed by atoms with van der Waals surface area (Å²) in [7, 11) is 1.60. The SMILES string of the molecule is COCC(C)n1ccc(C(=O)NCc2nc(-c3cc4c(N)cccc4n3C(F)C(F)F)no2)c1. The van der Waals surface area contributed by atoms with E-state index < -0.39 is 12.7 Å². The molecular formula is C22H23F3N6O3. The van der Waals surface area contributed by atoms with Gasteiger partial charge in [-0.2, -0.15) is 4.98 Å². The number of nitrogens with one attached hydrogen (secondary N) is 1. The highest BCUT2D eigenvalue weighted by Gasteiger charge is 2.28. The zero-order chi connectivity index (χ0) is 24.4. The Morgan fingerprint density at radius 3 is 2.82 bits per heavy atom. The Balaban J connectivity index is 1.53. The predicted octanol–water partition coefficient (Wildman–Crippen LogP) is 3.95. The number of amides is 1. The number of hydrogen-bond acceptors (Lipinski definition) is 6. The molecule has 0 saturated carbocycles. The van der Waals surface area contributed by atoms with Gasteiger partial charge in [0.1, 0.15) is 0 Å². The van der Waals surface area contributed by atoms with Crippen LogP contribution in [0.25, 0.3) is 22.4 Å². The van der Waals surface area contributed by atoms with Gasteiger partial charge in [0.05, 0.1) is 36.0 Å². The summed E-state index contributed by atoms with van der Waals surface area (Å²) in [6.45, 7) is 2.34. The smallest absolute Gasteiger partial charge is 0.288 e. The number of ether oxygens (including phenoxy) is 1. The van der Waals surface area contributed by atoms with Crippen LogP contribution < -0.4 is 11.1 Å². The van der Waals surface area contributed by atoms with Crippen LogP contribution in [0.2, 0.25) is 0 Å². The lowest BCUT2D eigenvalue weighted by atomic mass is 10.2. The summed E-state index contributed by atoms with van der Waals surface area (Å²) in [4.78, 5) is 16.6. The normalized spacial score (nSPS) is 13.5. The molecule has 0 spiro atoms. The van der Waals surface area contributed by atoms with Gasteiger partial charge in [0.2, 0.25) is 18.0 Å². The van der Waals surface area contributed by atoms with E-state index in [0.29, 0.717) is 23.2 Å². The van der Waals surface area contributed by atoms with Crippen molar-refractivity contribution < 1.29 is 27.2 Å². The van der Waals surface area contributed by atoms with E-state index in [0.717, 1.165) is 4.57 Å². The molecule has 0 radical (unpaired) electrons. The quantitative estimate of drug-likeness (QED) is 0.354. The first-order valence-corrected chi connectivity index (χ1v) is 10.4. The minimum Gasteiger partial charge on any atom is -0.398 e. The van der Waals surface area contributed by atoms with Crippen LogP contribution in [0.5, 0.6) is 0 Å². The fourth-order valence-corrected chi connectivity index (χ4v) is 3.66. The largest absolute Gasteiger partial charge is 0.398 e. The topological polar surface area (TPSA) is 113 Å². The monoisotopic (exact) mass is 476 g/mol. The molecule has 34 heavy (non-hydrogen) atoms. The minimum atomic E-state index is -3.28. The van der Waals surface area contributed by atoms with Crippen LogP contribution >= 0.6 is 0 Å². The number of nitrogens with two attached hydrogens (primary N) is 1. The zero-order valence-electron chi connectivity index (χ0n) is 18.4. The number of carbonyl (C=O) groups is 1. The molecular weight excluding hydrogens is 453 g/mol. The van der Waals surface area contributed by atoms with E-state index >= 15 is 0 Å².